The maximum absolute atomic E-state index is 13.2. The number of carbonyl (C=O) groups is 1. The second kappa shape index (κ2) is 8.11. The number of aliphatic hydroxyl groups excluding tert-OH is 1. The Morgan fingerprint density at radius 2 is 1.85 bits per heavy atom. The first-order valence-electron chi connectivity index (χ1n) is 7.85. The molecule has 3 N–H and O–H groups in total. The molecule has 6 nitrogen and oxygen atoms in total. The Morgan fingerprint density at radius 3 is 2.46 bits per heavy atom. The Balaban J connectivity index is 2.03. The summed E-state index contributed by atoms with van der Waals surface area (Å²) in [6, 6.07) is 9.53. The molecule has 0 bridgehead atoms. The number of imidazole rings is 1. The molecule has 134 valence electrons. The van der Waals surface area contributed by atoms with E-state index in [1.165, 1.54) is 12.1 Å². The standard InChI is InChI=1S/C18H16FN3O3S/c19-13-3-1-11(2-4-13)15-16(12-5-8-20-9-6-12)22-18(21-15)26-14(7-10-23)17(24)25/h1-6,8-9,14,23H,7,10H2,(H,21,22)(H,24,25). The number of H-pyrrole nitrogens is 1. The first-order valence-corrected chi connectivity index (χ1v) is 8.73. The molecule has 3 rings (SSSR count). The van der Waals surface area contributed by atoms with Crippen molar-refractivity contribution >= 4 is 17.7 Å². The van der Waals surface area contributed by atoms with Crippen LogP contribution >= 0.6 is 11.8 Å². The molecular weight excluding hydrogens is 357 g/mol. The number of halogens is 1. The summed E-state index contributed by atoms with van der Waals surface area (Å²) < 4.78 is 13.2. The van der Waals surface area contributed by atoms with Gasteiger partial charge in [0, 0.05) is 30.1 Å². The number of hydrogen-bond donors (Lipinski definition) is 3. The van der Waals surface area contributed by atoms with E-state index in [-0.39, 0.29) is 18.8 Å². The van der Waals surface area contributed by atoms with Gasteiger partial charge in [0.1, 0.15) is 11.1 Å². The summed E-state index contributed by atoms with van der Waals surface area (Å²) in [4.78, 5) is 23.0. The van der Waals surface area contributed by atoms with Gasteiger partial charge < -0.3 is 15.2 Å². The molecular formula is C18H16FN3O3S. The van der Waals surface area contributed by atoms with Gasteiger partial charge in [-0.05, 0) is 42.8 Å². The number of aromatic nitrogens is 3. The first kappa shape index (κ1) is 18.1. The molecule has 0 radical (unpaired) electrons. The van der Waals surface area contributed by atoms with Crippen molar-refractivity contribution < 1.29 is 19.4 Å². The number of hydrogen-bond acceptors (Lipinski definition) is 5. The molecule has 0 saturated carbocycles. The van der Waals surface area contributed by atoms with Crippen molar-refractivity contribution in [3.8, 4) is 22.5 Å². The maximum atomic E-state index is 13.2. The van der Waals surface area contributed by atoms with Crippen molar-refractivity contribution in [3.05, 3.63) is 54.6 Å². The number of rotatable bonds is 7. The van der Waals surface area contributed by atoms with Crippen molar-refractivity contribution in [1.82, 2.24) is 15.0 Å². The fraction of sp³-hybridized carbons (Fsp3) is 0.167. The summed E-state index contributed by atoms with van der Waals surface area (Å²) in [5.41, 5.74) is 2.81. The van der Waals surface area contributed by atoms with Crippen LogP contribution in [-0.4, -0.2) is 43.0 Å². The zero-order valence-corrected chi connectivity index (χ0v) is 14.4. The van der Waals surface area contributed by atoms with Crippen molar-refractivity contribution in [2.24, 2.45) is 0 Å². The number of nitrogens with zero attached hydrogens (tertiary/aromatic N) is 2. The van der Waals surface area contributed by atoms with Crippen LogP contribution in [0.4, 0.5) is 4.39 Å². The number of carboxylic acid groups (broad SMARTS) is 1. The average molecular weight is 373 g/mol. The Hall–Kier alpha value is -2.71. The third kappa shape index (κ3) is 4.09. The van der Waals surface area contributed by atoms with E-state index in [4.69, 9.17) is 5.11 Å². The fourth-order valence-corrected chi connectivity index (χ4v) is 3.33. The third-order valence-electron chi connectivity index (χ3n) is 3.69. The predicted molar refractivity (Wildman–Crippen MR) is 96.2 cm³/mol. The number of aromatic amines is 1. The lowest BCUT2D eigenvalue weighted by atomic mass is 10.1. The zero-order valence-electron chi connectivity index (χ0n) is 13.6. The van der Waals surface area contributed by atoms with Crippen LogP contribution in [0.15, 0.2) is 53.9 Å². The topological polar surface area (TPSA) is 99.1 Å². The first-order chi connectivity index (χ1) is 12.6. The SMILES string of the molecule is O=C(O)C(CCO)Sc1nc(-c2ccc(F)cc2)c(-c2ccncc2)[nH]1. The zero-order chi connectivity index (χ0) is 18.5. The fourth-order valence-electron chi connectivity index (χ4n) is 2.44. The quantitative estimate of drug-likeness (QED) is 0.550. The van der Waals surface area contributed by atoms with Gasteiger partial charge in [0.05, 0.1) is 11.4 Å². The van der Waals surface area contributed by atoms with Crippen LogP contribution in [0.5, 0.6) is 0 Å². The molecule has 2 heterocycles. The molecule has 3 aromatic rings. The average Bonchev–Trinajstić information content (AvgIpc) is 3.06. The molecule has 0 spiro atoms. The van der Waals surface area contributed by atoms with Crippen LogP contribution in [0.2, 0.25) is 0 Å². The van der Waals surface area contributed by atoms with Gasteiger partial charge in [-0.25, -0.2) is 9.37 Å². The minimum atomic E-state index is -1.02. The number of benzene rings is 1. The van der Waals surface area contributed by atoms with E-state index < -0.39 is 11.2 Å². The van der Waals surface area contributed by atoms with Crippen LogP contribution < -0.4 is 0 Å². The monoisotopic (exact) mass is 373 g/mol. The number of aliphatic carboxylic acids is 1. The van der Waals surface area contributed by atoms with E-state index in [9.17, 15) is 14.3 Å². The van der Waals surface area contributed by atoms with Crippen molar-refractivity contribution in [3.63, 3.8) is 0 Å². The smallest absolute Gasteiger partial charge is 0.317 e. The Labute approximate surface area is 153 Å². The highest BCUT2D eigenvalue weighted by Crippen LogP contribution is 2.34. The summed E-state index contributed by atoms with van der Waals surface area (Å²) >= 11 is 1.03. The molecule has 26 heavy (non-hydrogen) atoms. The van der Waals surface area contributed by atoms with Crippen LogP contribution in [0.3, 0.4) is 0 Å². The lowest BCUT2D eigenvalue weighted by molar-refractivity contribution is -0.136. The maximum Gasteiger partial charge on any atom is 0.317 e. The van der Waals surface area contributed by atoms with E-state index in [2.05, 4.69) is 15.0 Å². The Kier molecular flexibility index (Phi) is 5.65. The third-order valence-corrected chi connectivity index (χ3v) is 4.83. The number of pyridine rings is 1. The van der Waals surface area contributed by atoms with E-state index in [0.29, 0.717) is 22.1 Å². The molecule has 8 heteroatoms. The highest BCUT2D eigenvalue weighted by atomic mass is 32.2. The van der Waals surface area contributed by atoms with Gasteiger partial charge in [-0.3, -0.25) is 9.78 Å². The summed E-state index contributed by atoms with van der Waals surface area (Å²) in [6.07, 6.45) is 3.39. The summed E-state index contributed by atoms with van der Waals surface area (Å²) in [6.45, 7) is -0.229. The van der Waals surface area contributed by atoms with Crippen LogP contribution in [0.1, 0.15) is 6.42 Å². The van der Waals surface area contributed by atoms with E-state index >= 15 is 0 Å². The number of thioether (sulfide) groups is 1. The lowest BCUT2D eigenvalue weighted by Gasteiger charge is -2.07. The molecule has 0 fully saturated rings. The highest BCUT2D eigenvalue weighted by molar-refractivity contribution is 8.00. The van der Waals surface area contributed by atoms with E-state index in [1.54, 1.807) is 36.7 Å². The summed E-state index contributed by atoms with van der Waals surface area (Å²) in [5, 5.41) is 17.9. The van der Waals surface area contributed by atoms with Crippen molar-refractivity contribution in [2.45, 2.75) is 16.8 Å². The van der Waals surface area contributed by atoms with Crippen LogP contribution in [0.25, 0.3) is 22.5 Å². The predicted octanol–water partition coefficient (Wildman–Crippen LogP) is 3.21. The molecule has 1 atom stereocenters. The molecule has 0 aliphatic carbocycles. The van der Waals surface area contributed by atoms with Crippen LogP contribution in [0, 0.1) is 5.82 Å². The van der Waals surface area contributed by atoms with Gasteiger partial charge in [0.15, 0.2) is 5.16 Å². The van der Waals surface area contributed by atoms with E-state index in [0.717, 1.165) is 17.3 Å². The molecule has 0 aliphatic rings. The number of aliphatic hydroxyl groups is 1. The van der Waals surface area contributed by atoms with E-state index in [1.807, 2.05) is 0 Å². The molecule has 0 saturated heterocycles. The second-order valence-corrected chi connectivity index (χ2v) is 6.66. The number of nitrogens with one attached hydrogen (secondary N) is 1. The van der Waals surface area contributed by atoms with Gasteiger partial charge in [0.25, 0.3) is 0 Å². The minimum absolute atomic E-state index is 0.108. The molecule has 2 aromatic heterocycles. The number of carboxylic acids is 1. The van der Waals surface area contributed by atoms with Gasteiger partial charge in [-0.15, -0.1) is 0 Å². The van der Waals surface area contributed by atoms with Gasteiger partial charge in [-0.1, -0.05) is 11.8 Å². The second-order valence-electron chi connectivity index (χ2n) is 5.47. The normalized spacial score (nSPS) is 12.1. The summed E-state index contributed by atoms with van der Waals surface area (Å²) in [5.74, 6) is -1.37. The Morgan fingerprint density at radius 1 is 1.15 bits per heavy atom. The lowest BCUT2D eigenvalue weighted by Crippen LogP contribution is -2.17. The van der Waals surface area contributed by atoms with Crippen LogP contribution in [-0.2, 0) is 4.79 Å². The molecule has 0 amide bonds. The van der Waals surface area contributed by atoms with Gasteiger partial charge >= 0.3 is 5.97 Å². The Bertz CT molecular complexity index is 884. The largest absolute Gasteiger partial charge is 0.480 e. The van der Waals surface area contributed by atoms with Gasteiger partial charge in [0.2, 0.25) is 0 Å². The minimum Gasteiger partial charge on any atom is -0.480 e. The van der Waals surface area contributed by atoms with Crippen molar-refractivity contribution in [2.75, 3.05) is 6.61 Å². The molecule has 1 aromatic carbocycles. The summed E-state index contributed by atoms with van der Waals surface area (Å²) in [7, 11) is 0. The molecule has 0 aliphatic heterocycles. The van der Waals surface area contributed by atoms with Crippen molar-refractivity contribution in [1.29, 1.82) is 0 Å². The molecule has 1 unspecified atom stereocenters. The van der Waals surface area contributed by atoms with Gasteiger partial charge in [-0.2, -0.15) is 0 Å². The highest BCUT2D eigenvalue weighted by Gasteiger charge is 2.22.